The van der Waals surface area contributed by atoms with Crippen LogP contribution in [0.1, 0.15) is 29.0 Å². The van der Waals surface area contributed by atoms with Gasteiger partial charge in [-0.1, -0.05) is 35.0 Å². The number of carbonyl (C=O) groups is 2. The van der Waals surface area contributed by atoms with Gasteiger partial charge >= 0.3 is 5.97 Å². The highest BCUT2D eigenvalue weighted by molar-refractivity contribution is 5.95. The summed E-state index contributed by atoms with van der Waals surface area (Å²) in [5, 5.41) is 13.1. The summed E-state index contributed by atoms with van der Waals surface area (Å²) in [6.45, 7) is 2.41. The molecule has 1 N–H and O–H groups in total. The first kappa shape index (κ1) is 14.3. The van der Waals surface area contributed by atoms with E-state index in [1.165, 1.54) is 4.90 Å². The number of likely N-dealkylation sites (tertiary alicyclic amines) is 1. The first-order chi connectivity index (χ1) is 10.6. The number of benzene rings is 1. The van der Waals surface area contributed by atoms with Gasteiger partial charge in [-0.25, -0.2) is 4.79 Å². The fraction of sp³-hybridized carbons (Fsp3) is 0.312. The molecular weight excluding hydrogens is 284 g/mol. The topological polar surface area (TPSA) is 83.6 Å². The van der Waals surface area contributed by atoms with Crippen LogP contribution in [-0.4, -0.2) is 39.6 Å². The lowest BCUT2D eigenvalue weighted by Crippen LogP contribution is -2.40. The van der Waals surface area contributed by atoms with Gasteiger partial charge in [0.2, 0.25) is 5.76 Å². The van der Waals surface area contributed by atoms with Crippen LogP contribution in [0.2, 0.25) is 0 Å². The zero-order chi connectivity index (χ0) is 15.7. The standard InChI is InChI=1S/C16H16N2O4/c1-10-4-6-11(7-5-10)12-9-14(22-17-12)15(19)18-8-2-3-13(18)16(20)21/h4-7,9,13H,2-3,8H2,1H3,(H,20,21)/t13-/m0/s1. The molecule has 1 amide bonds. The quantitative estimate of drug-likeness (QED) is 0.940. The number of nitrogens with zero attached hydrogens (tertiary/aromatic N) is 2. The zero-order valence-electron chi connectivity index (χ0n) is 12.2. The molecule has 2 aromatic rings. The van der Waals surface area contributed by atoms with Gasteiger partial charge in [-0.05, 0) is 19.8 Å². The molecule has 1 atom stereocenters. The van der Waals surface area contributed by atoms with Crippen LogP contribution in [0.15, 0.2) is 34.9 Å². The number of carbonyl (C=O) groups excluding carboxylic acids is 1. The number of aromatic nitrogens is 1. The van der Waals surface area contributed by atoms with Crippen LogP contribution in [-0.2, 0) is 4.79 Å². The maximum absolute atomic E-state index is 12.4. The van der Waals surface area contributed by atoms with Crippen molar-refractivity contribution >= 4 is 11.9 Å². The van der Waals surface area contributed by atoms with Crippen LogP contribution < -0.4 is 0 Å². The van der Waals surface area contributed by atoms with Crippen molar-refractivity contribution in [1.29, 1.82) is 0 Å². The second kappa shape index (κ2) is 5.63. The van der Waals surface area contributed by atoms with Gasteiger partial charge in [-0.3, -0.25) is 4.79 Å². The minimum Gasteiger partial charge on any atom is -0.480 e. The molecule has 0 spiro atoms. The highest BCUT2D eigenvalue weighted by Gasteiger charge is 2.36. The zero-order valence-corrected chi connectivity index (χ0v) is 12.2. The molecule has 0 bridgehead atoms. The lowest BCUT2D eigenvalue weighted by molar-refractivity contribution is -0.141. The minimum atomic E-state index is -0.982. The van der Waals surface area contributed by atoms with Gasteiger partial charge in [-0.15, -0.1) is 0 Å². The van der Waals surface area contributed by atoms with Crippen LogP contribution in [0.4, 0.5) is 0 Å². The second-order valence-corrected chi connectivity index (χ2v) is 5.44. The molecule has 0 aliphatic carbocycles. The monoisotopic (exact) mass is 300 g/mol. The maximum atomic E-state index is 12.4. The Kier molecular flexibility index (Phi) is 3.66. The number of amides is 1. The average Bonchev–Trinajstić information content (AvgIpc) is 3.17. The molecule has 114 valence electrons. The third-order valence-corrected chi connectivity index (χ3v) is 3.87. The summed E-state index contributed by atoms with van der Waals surface area (Å²) < 4.78 is 5.12. The van der Waals surface area contributed by atoms with Crippen molar-refractivity contribution in [2.24, 2.45) is 0 Å². The van der Waals surface area contributed by atoms with E-state index in [4.69, 9.17) is 9.63 Å². The predicted molar refractivity (Wildman–Crippen MR) is 78.4 cm³/mol. The fourth-order valence-corrected chi connectivity index (χ4v) is 2.64. The first-order valence-corrected chi connectivity index (χ1v) is 7.14. The molecule has 1 aromatic heterocycles. The number of hydrogen-bond donors (Lipinski definition) is 1. The number of carboxylic acid groups (broad SMARTS) is 1. The summed E-state index contributed by atoms with van der Waals surface area (Å²) in [6, 6.07) is 8.48. The van der Waals surface area contributed by atoms with Crippen molar-refractivity contribution in [1.82, 2.24) is 10.1 Å². The Morgan fingerprint density at radius 1 is 1.32 bits per heavy atom. The van der Waals surface area contributed by atoms with E-state index in [2.05, 4.69) is 5.16 Å². The van der Waals surface area contributed by atoms with E-state index < -0.39 is 17.9 Å². The van der Waals surface area contributed by atoms with Crippen LogP contribution >= 0.6 is 0 Å². The van der Waals surface area contributed by atoms with Crippen molar-refractivity contribution in [2.75, 3.05) is 6.54 Å². The SMILES string of the molecule is Cc1ccc(-c2cc(C(=O)N3CCC[C@H]3C(=O)O)on2)cc1. The van der Waals surface area contributed by atoms with Gasteiger partial charge in [0.25, 0.3) is 5.91 Å². The summed E-state index contributed by atoms with van der Waals surface area (Å²) in [5.74, 6) is -1.33. The lowest BCUT2D eigenvalue weighted by Gasteiger charge is -2.19. The van der Waals surface area contributed by atoms with Crippen LogP contribution in [0, 0.1) is 6.92 Å². The summed E-state index contributed by atoms with van der Waals surface area (Å²) in [7, 11) is 0. The van der Waals surface area contributed by atoms with Crippen LogP contribution in [0.3, 0.4) is 0 Å². The molecule has 6 nitrogen and oxygen atoms in total. The molecule has 1 fully saturated rings. The number of rotatable bonds is 3. The van der Waals surface area contributed by atoms with E-state index in [9.17, 15) is 9.59 Å². The Bertz CT molecular complexity index is 705. The number of hydrogen-bond acceptors (Lipinski definition) is 4. The third kappa shape index (κ3) is 2.59. The minimum absolute atomic E-state index is 0.0729. The van der Waals surface area contributed by atoms with Crippen LogP contribution in [0.5, 0.6) is 0 Å². The van der Waals surface area contributed by atoms with Gasteiger partial charge in [0.05, 0.1) is 0 Å². The van der Waals surface area contributed by atoms with E-state index in [1.807, 2.05) is 31.2 Å². The van der Waals surface area contributed by atoms with Crippen molar-refractivity contribution in [2.45, 2.75) is 25.8 Å². The summed E-state index contributed by atoms with van der Waals surface area (Å²) in [5.41, 5.74) is 2.55. The van der Waals surface area contributed by atoms with Crippen molar-refractivity contribution in [3.8, 4) is 11.3 Å². The molecule has 1 aromatic carbocycles. The van der Waals surface area contributed by atoms with Gasteiger partial charge in [0.1, 0.15) is 11.7 Å². The lowest BCUT2D eigenvalue weighted by atomic mass is 10.1. The average molecular weight is 300 g/mol. The summed E-state index contributed by atoms with van der Waals surface area (Å²) in [4.78, 5) is 24.9. The Hall–Kier alpha value is -2.63. The van der Waals surface area contributed by atoms with Gasteiger partial charge in [-0.2, -0.15) is 0 Å². The van der Waals surface area contributed by atoms with E-state index >= 15 is 0 Å². The molecular formula is C16H16N2O4. The molecule has 1 aliphatic rings. The van der Waals surface area contributed by atoms with Gasteiger partial charge < -0.3 is 14.5 Å². The number of aliphatic carboxylic acids is 1. The molecule has 0 saturated carbocycles. The molecule has 3 rings (SSSR count). The largest absolute Gasteiger partial charge is 0.480 e. The van der Waals surface area contributed by atoms with Gasteiger partial charge in [0, 0.05) is 18.2 Å². The molecule has 0 radical (unpaired) electrons. The smallest absolute Gasteiger partial charge is 0.326 e. The number of carboxylic acids is 1. The highest BCUT2D eigenvalue weighted by atomic mass is 16.5. The normalized spacial score (nSPS) is 17.7. The van der Waals surface area contributed by atoms with Crippen molar-refractivity contribution in [3.05, 3.63) is 41.7 Å². The van der Waals surface area contributed by atoms with Crippen LogP contribution in [0.25, 0.3) is 11.3 Å². The molecule has 1 aliphatic heterocycles. The second-order valence-electron chi connectivity index (χ2n) is 5.44. The molecule has 1 saturated heterocycles. The predicted octanol–water partition coefficient (Wildman–Crippen LogP) is 2.34. The molecule has 6 heteroatoms. The highest BCUT2D eigenvalue weighted by Crippen LogP contribution is 2.24. The Morgan fingerprint density at radius 3 is 2.73 bits per heavy atom. The fourth-order valence-electron chi connectivity index (χ4n) is 2.64. The molecule has 0 unspecified atom stereocenters. The Labute approximate surface area is 127 Å². The third-order valence-electron chi connectivity index (χ3n) is 3.87. The molecule has 2 heterocycles. The van der Waals surface area contributed by atoms with E-state index in [-0.39, 0.29) is 5.76 Å². The molecule has 22 heavy (non-hydrogen) atoms. The van der Waals surface area contributed by atoms with Crippen molar-refractivity contribution < 1.29 is 19.2 Å². The van der Waals surface area contributed by atoms with Gasteiger partial charge in [0.15, 0.2) is 0 Å². The maximum Gasteiger partial charge on any atom is 0.326 e. The van der Waals surface area contributed by atoms with Crippen molar-refractivity contribution in [3.63, 3.8) is 0 Å². The Morgan fingerprint density at radius 2 is 2.05 bits per heavy atom. The summed E-state index contributed by atoms with van der Waals surface area (Å²) in [6.07, 6.45) is 1.15. The van der Waals surface area contributed by atoms with E-state index in [1.54, 1.807) is 6.07 Å². The summed E-state index contributed by atoms with van der Waals surface area (Å²) >= 11 is 0. The van der Waals surface area contributed by atoms with E-state index in [0.29, 0.717) is 25.1 Å². The first-order valence-electron chi connectivity index (χ1n) is 7.14. The van der Waals surface area contributed by atoms with E-state index in [0.717, 1.165) is 11.1 Å². The number of aryl methyl sites for hydroxylation is 1. The Balaban J connectivity index is 1.82.